The van der Waals surface area contributed by atoms with Gasteiger partial charge in [0.15, 0.2) is 0 Å². The molecule has 144 valence electrons. The molecular weight excluding hydrogens is 345 g/mol. The minimum Gasteiger partial charge on any atom is -0.497 e. The molecule has 0 radical (unpaired) electrons. The lowest BCUT2D eigenvalue weighted by Gasteiger charge is -2.27. The van der Waals surface area contributed by atoms with Gasteiger partial charge < -0.3 is 9.47 Å². The highest BCUT2D eigenvalue weighted by atomic mass is 19.1. The largest absolute Gasteiger partial charge is 0.497 e. The number of hydrogen-bond acceptors (Lipinski definition) is 5. The quantitative estimate of drug-likeness (QED) is 0.865. The minimum absolute atomic E-state index is 0.102. The van der Waals surface area contributed by atoms with Crippen LogP contribution in [-0.4, -0.2) is 37.7 Å². The summed E-state index contributed by atoms with van der Waals surface area (Å²) in [5.74, 6) is 1.91. The minimum atomic E-state index is -0.202. The summed E-state index contributed by atoms with van der Waals surface area (Å²) in [7, 11) is 1.67. The Morgan fingerprint density at radius 3 is 2.81 bits per heavy atom. The second-order valence-electron chi connectivity index (χ2n) is 7.41. The molecule has 2 aromatic rings. The summed E-state index contributed by atoms with van der Waals surface area (Å²) >= 11 is 0. The lowest BCUT2D eigenvalue weighted by Crippen LogP contribution is -2.36. The molecule has 0 saturated carbocycles. The molecule has 2 heterocycles. The Morgan fingerprint density at radius 1 is 1.22 bits per heavy atom. The van der Waals surface area contributed by atoms with Crippen LogP contribution in [0.3, 0.4) is 0 Å². The van der Waals surface area contributed by atoms with Crippen molar-refractivity contribution in [2.75, 3.05) is 26.7 Å². The topological polar surface area (TPSA) is 45.8 Å². The van der Waals surface area contributed by atoms with E-state index >= 15 is 0 Å². The molecule has 0 aliphatic carbocycles. The molecule has 4 rings (SSSR count). The molecule has 0 bridgehead atoms. The van der Waals surface area contributed by atoms with Gasteiger partial charge in [-0.05, 0) is 30.7 Å². The van der Waals surface area contributed by atoms with E-state index in [4.69, 9.17) is 9.47 Å². The standard InChI is InChI=1S/C21H26FN3O2/c1-14-11-25(12-16-5-8-19(26-2)9-20(16)27-14)13-17-10-23-24-21(17)15-3-6-18(22)7-4-15/h3-9,14,17,21,23-24H,10-13H2,1-2H3. The summed E-state index contributed by atoms with van der Waals surface area (Å²) in [6, 6.07) is 13.0. The number of hydrazine groups is 1. The Balaban J connectivity index is 1.50. The van der Waals surface area contributed by atoms with E-state index in [2.05, 4.69) is 28.7 Å². The van der Waals surface area contributed by atoms with E-state index in [0.717, 1.165) is 43.2 Å². The molecular formula is C21H26FN3O2. The number of halogens is 1. The highest BCUT2D eigenvalue weighted by Gasteiger charge is 2.31. The van der Waals surface area contributed by atoms with Crippen LogP contribution in [0.1, 0.15) is 24.1 Å². The van der Waals surface area contributed by atoms with E-state index in [-0.39, 0.29) is 18.0 Å². The van der Waals surface area contributed by atoms with Crippen molar-refractivity contribution < 1.29 is 13.9 Å². The predicted octanol–water partition coefficient (Wildman–Crippen LogP) is 2.88. The third-order valence-corrected chi connectivity index (χ3v) is 5.33. The number of rotatable bonds is 4. The van der Waals surface area contributed by atoms with Crippen LogP contribution in [0.25, 0.3) is 0 Å². The molecule has 5 nitrogen and oxygen atoms in total. The Morgan fingerprint density at radius 2 is 2.04 bits per heavy atom. The average molecular weight is 371 g/mol. The zero-order valence-electron chi connectivity index (χ0n) is 15.7. The molecule has 0 spiro atoms. The van der Waals surface area contributed by atoms with E-state index in [1.54, 1.807) is 7.11 Å². The van der Waals surface area contributed by atoms with E-state index in [9.17, 15) is 4.39 Å². The van der Waals surface area contributed by atoms with Crippen molar-refractivity contribution >= 4 is 0 Å². The van der Waals surface area contributed by atoms with Gasteiger partial charge in [-0.25, -0.2) is 9.82 Å². The molecule has 0 aromatic heterocycles. The van der Waals surface area contributed by atoms with Gasteiger partial charge in [-0.2, -0.15) is 0 Å². The predicted molar refractivity (Wildman–Crippen MR) is 102 cm³/mol. The first-order chi connectivity index (χ1) is 13.1. The number of benzene rings is 2. The van der Waals surface area contributed by atoms with E-state index in [1.807, 2.05) is 24.3 Å². The molecule has 1 fully saturated rings. The number of fused-ring (bicyclic) bond motifs is 1. The number of nitrogens with one attached hydrogen (secondary N) is 2. The Hall–Kier alpha value is -2.15. The Bertz CT molecular complexity index is 783. The molecule has 27 heavy (non-hydrogen) atoms. The molecule has 2 aliphatic rings. The lowest BCUT2D eigenvalue weighted by atomic mass is 9.94. The van der Waals surface area contributed by atoms with Crippen LogP contribution >= 0.6 is 0 Å². The summed E-state index contributed by atoms with van der Waals surface area (Å²) in [6.45, 7) is 5.62. The van der Waals surface area contributed by atoms with Crippen molar-refractivity contribution in [2.24, 2.45) is 5.92 Å². The maximum absolute atomic E-state index is 13.3. The molecule has 3 atom stereocenters. The molecule has 0 amide bonds. The molecule has 2 aliphatic heterocycles. The first-order valence-corrected chi connectivity index (χ1v) is 9.42. The van der Waals surface area contributed by atoms with Crippen LogP contribution in [0.5, 0.6) is 11.5 Å². The number of ether oxygens (including phenoxy) is 2. The third kappa shape index (κ3) is 4.08. The van der Waals surface area contributed by atoms with Crippen LogP contribution in [0.4, 0.5) is 4.39 Å². The molecule has 3 unspecified atom stereocenters. The fraction of sp³-hybridized carbons (Fsp3) is 0.429. The lowest BCUT2D eigenvalue weighted by molar-refractivity contribution is 0.145. The number of nitrogens with zero attached hydrogens (tertiary/aromatic N) is 1. The second kappa shape index (κ2) is 7.84. The van der Waals surface area contributed by atoms with Crippen LogP contribution in [0.2, 0.25) is 0 Å². The molecule has 2 N–H and O–H groups in total. The van der Waals surface area contributed by atoms with Crippen LogP contribution < -0.4 is 20.3 Å². The smallest absolute Gasteiger partial charge is 0.127 e. The van der Waals surface area contributed by atoms with Gasteiger partial charge in [-0.15, -0.1) is 0 Å². The summed E-state index contributed by atoms with van der Waals surface area (Å²) < 4.78 is 24.7. The molecule has 2 aromatic carbocycles. The summed E-state index contributed by atoms with van der Waals surface area (Å²) in [6.07, 6.45) is 0.102. The average Bonchev–Trinajstić information content (AvgIpc) is 3.04. The van der Waals surface area contributed by atoms with Gasteiger partial charge in [0.05, 0.1) is 13.2 Å². The summed E-state index contributed by atoms with van der Waals surface area (Å²) in [4.78, 5) is 2.44. The van der Waals surface area contributed by atoms with E-state index < -0.39 is 0 Å². The van der Waals surface area contributed by atoms with Crippen molar-refractivity contribution in [1.29, 1.82) is 0 Å². The van der Waals surface area contributed by atoms with E-state index in [0.29, 0.717) is 5.92 Å². The van der Waals surface area contributed by atoms with Gasteiger partial charge in [0.2, 0.25) is 0 Å². The van der Waals surface area contributed by atoms with Crippen molar-refractivity contribution in [2.45, 2.75) is 25.6 Å². The molecule has 6 heteroatoms. The van der Waals surface area contributed by atoms with Crippen LogP contribution in [0, 0.1) is 11.7 Å². The van der Waals surface area contributed by atoms with Crippen molar-refractivity contribution in [3.05, 3.63) is 59.4 Å². The van der Waals surface area contributed by atoms with Crippen molar-refractivity contribution in [3.63, 3.8) is 0 Å². The zero-order chi connectivity index (χ0) is 18.8. The number of methoxy groups -OCH3 is 1. The first-order valence-electron chi connectivity index (χ1n) is 9.42. The normalized spacial score (nSPS) is 25.5. The fourth-order valence-corrected chi connectivity index (χ4v) is 4.03. The summed E-state index contributed by atoms with van der Waals surface area (Å²) in [5, 5.41) is 0. The first kappa shape index (κ1) is 18.2. The van der Waals surface area contributed by atoms with Crippen LogP contribution in [0.15, 0.2) is 42.5 Å². The van der Waals surface area contributed by atoms with Gasteiger partial charge >= 0.3 is 0 Å². The SMILES string of the molecule is COc1ccc2c(c1)OC(C)CN(CC1CNNC1c1ccc(F)cc1)C2. The van der Waals surface area contributed by atoms with Crippen molar-refractivity contribution in [3.8, 4) is 11.5 Å². The maximum Gasteiger partial charge on any atom is 0.127 e. The second-order valence-corrected chi connectivity index (χ2v) is 7.41. The highest BCUT2D eigenvalue weighted by Crippen LogP contribution is 2.31. The molecule has 1 saturated heterocycles. The van der Waals surface area contributed by atoms with Gasteiger partial charge in [0.25, 0.3) is 0 Å². The maximum atomic E-state index is 13.3. The highest BCUT2D eigenvalue weighted by molar-refractivity contribution is 5.41. The van der Waals surface area contributed by atoms with Gasteiger partial charge in [-0.1, -0.05) is 18.2 Å². The van der Waals surface area contributed by atoms with Gasteiger partial charge in [-0.3, -0.25) is 10.3 Å². The Labute approximate surface area is 159 Å². The third-order valence-electron chi connectivity index (χ3n) is 5.33. The summed E-state index contributed by atoms with van der Waals surface area (Å²) in [5.41, 5.74) is 8.90. The number of hydrogen-bond donors (Lipinski definition) is 2. The fourth-order valence-electron chi connectivity index (χ4n) is 4.03. The van der Waals surface area contributed by atoms with Gasteiger partial charge in [0.1, 0.15) is 23.4 Å². The Kier molecular flexibility index (Phi) is 5.29. The van der Waals surface area contributed by atoms with E-state index in [1.165, 1.54) is 17.7 Å². The van der Waals surface area contributed by atoms with Crippen molar-refractivity contribution in [1.82, 2.24) is 15.8 Å². The van der Waals surface area contributed by atoms with Gasteiger partial charge in [0, 0.05) is 43.7 Å². The van der Waals surface area contributed by atoms with Crippen LogP contribution in [-0.2, 0) is 6.54 Å². The zero-order valence-corrected chi connectivity index (χ0v) is 15.7. The monoisotopic (exact) mass is 371 g/mol.